The second-order valence-electron chi connectivity index (χ2n) is 4.64. The zero-order valence-corrected chi connectivity index (χ0v) is 13.8. The molecule has 0 atom stereocenters. The van der Waals surface area contributed by atoms with Crippen molar-refractivity contribution < 1.29 is 14.6 Å². The molecule has 0 heterocycles. The number of hydrogen-bond acceptors (Lipinski definition) is 6. The van der Waals surface area contributed by atoms with E-state index in [1.54, 1.807) is 0 Å². The summed E-state index contributed by atoms with van der Waals surface area (Å²) in [6.45, 7) is 0. The number of rotatable bonds is 4. The van der Waals surface area contributed by atoms with Crippen molar-refractivity contribution in [3.05, 3.63) is 73.3 Å². The van der Waals surface area contributed by atoms with E-state index in [4.69, 9.17) is 23.8 Å². The summed E-state index contributed by atoms with van der Waals surface area (Å²) in [6, 6.07) is 8.82. The number of carbonyl (C=O) groups excluding carboxylic acids is 1. The standard InChI is InChI=1S/C14H9ClN4O5S/c15-11-7-10(19(23)24)4-5-12(11)16-14(25)17-13(20)8-2-1-3-9(6-8)18(21)22/h1-7H,(H2,16,17,20,25). The molecule has 0 aliphatic heterocycles. The SMILES string of the molecule is O=C(NC(=S)Nc1ccc([N+](=O)[O-])cc1Cl)c1cccc([N+](=O)[O-])c1. The number of non-ortho nitro benzene ring substituents is 2. The molecule has 0 saturated carbocycles. The molecule has 0 bridgehead atoms. The van der Waals surface area contributed by atoms with Crippen LogP contribution in [0.25, 0.3) is 0 Å². The summed E-state index contributed by atoms with van der Waals surface area (Å²) in [7, 11) is 0. The number of nitro benzene ring substituents is 2. The lowest BCUT2D eigenvalue weighted by molar-refractivity contribution is -0.385. The largest absolute Gasteiger partial charge is 0.331 e. The molecule has 0 spiro atoms. The first-order valence-corrected chi connectivity index (χ1v) is 7.37. The highest BCUT2D eigenvalue weighted by molar-refractivity contribution is 7.80. The van der Waals surface area contributed by atoms with Crippen LogP contribution >= 0.6 is 23.8 Å². The van der Waals surface area contributed by atoms with Crippen LogP contribution in [0.5, 0.6) is 0 Å². The number of anilines is 1. The third-order valence-electron chi connectivity index (χ3n) is 2.96. The van der Waals surface area contributed by atoms with E-state index in [0.29, 0.717) is 0 Å². The van der Waals surface area contributed by atoms with E-state index >= 15 is 0 Å². The second kappa shape index (κ2) is 7.64. The highest BCUT2D eigenvalue weighted by Gasteiger charge is 2.14. The van der Waals surface area contributed by atoms with Gasteiger partial charge in [0.15, 0.2) is 5.11 Å². The number of amides is 1. The average Bonchev–Trinajstić information content (AvgIpc) is 2.56. The molecule has 0 aliphatic carbocycles. The maximum Gasteiger partial charge on any atom is 0.271 e. The third-order valence-corrected chi connectivity index (χ3v) is 3.47. The molecule has 0 saturated heterocycles. The molecule has 9 nitrogen and oxygen atoms in total. The Labute approximate surface area is 150 Å². The molecule has 2 aromatic rings. The van der Waals surface area contributed by atoms with Crippen LogP contribution in [0.1, 0.15) is 10.4 Å². The highest BCUT2D eigenvalue weighted by Crippen LogP contribution is 2.26. The van der Waals surface area contributed by atoms with Crippen molar-refractivity contribution in [1.29, 1.82) is 0 Å². The summed E-state index contributed by atoms with van der Waals surface area (Å²) in [6.07, 6.45) is 0. The van der Waals surface area contributed by atoms with E-state index in [1.807, 2.05) is 0 Å². The summed E-state index contributed by atoms with van der Waals surface area (Å²) >= 11 is 10.9. The fourth-order valence-corrected chi connectivity index (χ4v) is 2.23. The molecule has 0 aliphatic rings. The molecular weight excluding hydrogens is 372 g/mol. The Hall–Kier alpha value is -3.11. The van der Waals surface area contributed by atoms with E-state index in [1.165, 1.54) is 30.3 Å². The summed E-state index contributed by atoms with van der Waals surface area (Å²) in [4.78, 5) is 32.2. The van der Waals surface area contributed by atoms with Crippen LogP contribution in [-0.4, -0.2) is 20.9 Å². The molecule has 25 heavy (non-hydrogen) atoms. The number of carbonyl (C=O) groups is 1. The Kier molecular flexibility index (Phi) is 5.57. The first-order chi connectivity index (χ1) is 11.8. The molecule has 0 aromatic heterocycles. The van der Waals surface area contributed by atoms with Crippen LogP contribution in [0.4, 0.5) is 17.1 Å². The lowest BCUT2D eigenvalue weighted by Gasteiger charge is -2.10. The Morgan fingerprint density at radius 2 is 1.68 bits per heavy atom. The minimum Gasteiger partial charge on any atom is -0.331 e. The highest BCUT2D eigenvalue weighted by atomic mass is 35.5. The van der Waals surface area contributed by atoms with Crippen molar-refractivity contribution in [3.8, 4) is 0 Å². The number of nitro groups is 2. The molecule has 2 N–H and O–H groups in total. The third kappa shape index (κ3) is 4.68. The van der Waals surface area contributed by atoms with Crippen LogP contribution in [0.15, 0.2) is 42.5 Å². The van der Waals surface area contributed by atoms with Crippen molar-refractivity contribution >= 4 is 51.9 Å². The average molecular weight is 381 g/mol. The number of nitrogens with one attached hydrogen (secondary N) is 2. The van der Waals surface area contributed by atoms with Gasteiger partial charge in [-0.05, 0) is 24.4 Å². The molecule has 128 valence electrons. The maximum atomic E-state index is 12.1. The predicted molar refractivity (Wildman–Crippen MR) is 94.9 cm³/mol. The molecule has 2 aromatic carbocycles. The van der Waals surface area contributed by atoms with Gasteiger partial charge in [-0.25, -0.2) is 0 Å². The zero-order valence-electron chi connectivity index (χ0n) is 12.3. The number of hydrogen-bond donors (Lipinski definition) is 2. The molecule has 11 heteroatoms. The van der Waals surface area contributed by atoms with E-state index in [9.17, 15) is 25.0 Å². The van der Waals surface area contributed by atoms with E-state index < -0.39 is 15.8 Å². The van der Waals surface area contributed by atoms with Gasteiger partial charge in [-0.2, -0.15) is 0 Å². The van der Waals surface area contributed by atoms with Gasteiger partial charge in [-0.3, -0.25) is 30.3 Å². The molecule has 0 fully saturated rings. The van der Waals surface area contributed by atoms with Gasteiger partial charge in [0.1, 0.15) is 0 Å². The van der Waals surface area contributed by atoms with Gasteiger partial charge >= 0.3 is 0 Å². The van der Waals surface area contributed by atoms with E-state index in [-0.39, 0.29) is 32.8 Å². The van der Waals surface area contributed by atoms with Gasteiger partial charge in [0, 0.05) is 29.8 Å². The minimum atomic E-state index is -0.653. The van der Waals surface area contributed by atoms with Gasteiger partial charge in [-0.1, -0.05) is 17.7 Å². The molecule has 0 unspecified atom stereocenters. The molecule has 0 radical (unpaired) electrons. The van der Waals surface area contributed by atoms with Crippen molar-refractivity contribution in [1.82, 2.24) is 5.32 Å². The molecule has 2 rings (SSSR count). The number of thiocarbonyl (C=S) groups is 1. The first kappa shape index (κ1) is 18.2. The quantitative estimate of drug-likeness (QED) is 0.473. The van der Waals surface area contributed by atoms with Gasteiger partial charge < -0.3 is 5.32 Å². The van der Waals surface area contributed by atoms with Crippen LogP contribution in [0, 0.1) is 20.2 Å². The summed E-state index contributed by atoms with van der Waals surface area (Å²) < 4.78 is 0. The fourth-order valence-electron chi connectivity index (χ4n) is 1.81. The normalized spacial score (nSPS) is 9.96. The number of benzene rings is 2. The Bertz CT molecular complexity index is 889. The van der Waals surface area contributed by atoms with Crippen LogP contribution in [-0.2, 0) is 0 Å². The summed E-state index contributed by atoms with van der Waals surface area (Å²) in [5, 5.41) is 26.3. The number of halogens is 1. The van der Waals surface area contributed by atoms with Gasteiger partial charge in [0.2, 0.25) is 0 Å². The summed E-state index contributed by atoms with van der Waals surface area (Å²) in [5.74, 6) is -0.653. The summed E-state index contributed by atoms with van der Waals surface area (Å²) in [5.41, 5.74) is -0.114. The topological polar surface area (TPSA) is 127 Å². The Morgan fingerprint density at radius 3 is 2.28 bits per heavy atom. The predicted octanol–water partition coefficient (Wildman–Crippen LogP) is 3.28. The number of nitrogens with zero attached hydrogens (tertiary/aromatic N) is 2. The Morgan fingerprint density at radius 1 is 1.04 bits per heavy atom. The minimum absolute atomic E-state index is 0.0427. The first-order valence-electron chi connectivity index (χ1n) is 6.58. The van der Waals surface area contributed by atoms with Crippen molar-refractivity contribution in [2.45, 2.75) is 0 Å². The van der Waals surface area contributed by atoms with Gasteiger partial charge in [-0.15, -0.1) is 0 Å². The fraction of sp³-hybridized carbons (Fsp3) is 0. The van der Waals surface area contributed by atoms with Crippen molar-refractivity contribution in [2.24, 2.45) is 0 Å². The monoisotopic (exact) mass is 380 g/mol. The zero-order chi connectivity index (χ0) is 18.6. The maximum absolute atomic E-state index is 12.1. The van der Waals surface area contributed by atoms with Crippen molar-refractivity contribution in [3.63, 3.8) is 0 Å². The lowest BCUT2D eigenvalue weighted by atomic mass is 10.2. The van der Waals surface area contributed by atoms with Crippen LogP contribution < -0.4 is 10.6 Å². The van der Waals surface area contributed by atoms with Gasteiger partial charge in [0.25, 0.3) is 17.3 Å². The Balaban J connectivity index is 2.07. The smallest absolute Gasteiger partial charge is 0.271 e. The van der Waals surface area contributed by atoms with E-state index in [2.05, 4.69) is 10.6 Å². The molecule has 1 amide bonds. The van der Waals surface area contributed by atoms with Crippen molar-refractivity contribution in [2.75, 3.05) is 5.32 Å². The van der Waals surface area contributed by atoms with Crippen LogP contribution in [0.2, 0.25) is 5.02 Å². The van der Waals surface area contributed by atoms with Gasteiger partial charge in [0.05, 0.1) is 20.6 Å². The van der Waals surface area contributed by atoms with E-state index in [0.717, 1.165) is 12.1 Å². The lowest BCUT2D eigenvalue weighted by Crippen LogP contribution is -2.34. The van der Waals surface area contributed by atoms with Crippen LogP contribution in [0.3, 0.4) is 0 Å². The molecular formula is C14H9ClN4O5S. The second-order valence-corrected chi connectivity index (χ2v) is 5.45.